The van der Waals surface area contributed by atoms with Crippen LogP contribution < -0.4 is 16.0 Å². The van der Waals surface area contributed by atoms with Gasteiger partial charge in [-0.1, -0.05) is 0 Å². The highest BCUT2D eigenvalue weighted by Crippen LogP contribution is 2.40. The zero-order valence-electron chi connectivity index (χ0n) is 11.1. The van der Waals surface area contributed by atoms with Crippen molar-refractivity contribution in [3.05, 3.63) is 22.2 Å². The van der Waals surface area contributed by atoms with E-state index in [9.17, 15) is 9.90 Å². The van der Waals surface area contributed by atoms with Gasteiger partial charge in [-0.05, 0) is 47.3 Å². The number of benzene rings is 1. The van der Waals surface area contributed by atoms with Crippen molar-refractivity contribution in [3.63, 3.8) is 0 Å². The van der Waals surface area contributed by atoms with Crippen molar-refractivity contribution in [3.8, 4) is 0 Å². The Bertz CT molecular complexity index is 549. The van der Waals surface area contributed by atoms with E-state index in [0.717, 1.165) is 47.2 Å². The number of aliphatic hydroxyl groups excluding tert-OH is 1. The molecule has 2 aliphatic rings. The van der Waals surface area contributed by atoms with Crippen LogP contribution in [-0.4, -0.2) is 30.2 Å². The van der Waals surface area contributed by atoms with E-state index in [-0.39, 0.29) is 18.6 Å². The Hall–Kier alpha value is -1.11. The smallest absolute Gasteiger partial charge is 0.245 e. The fraction of sp³-hybridized carbons (Fsp3) is 0.500. The van der Waals surface area contributed by atoms with Gasteiger partial charge in [0.05, 0.1) is 18.3 Å². The highest BCUT2D eigenvalue weighted by atomic mass is 79.9. The molecule has 0 radical (unpaired) electrons. The van der Waals surface area contributed by atoms with Gasteiger partial charge in [0.15, 0.2) is 0 Å². The van der Waals surface area contributed by atoms with Crippen molar-refractivity contribution < 1.29 is 9.90 Å². The van der Waals surface area contributed by atoms with Crippen molar-refractivity contribution in [1.29, 1.82) is 0 Å². The van der Waals surface area contributed by atoms with E-state index in [1.807, 2.05) is 12.1 Å². The molecule has 1 aromatic carbocycles. The van der Waals surface area contributed by atoms with Crippen molar-refractivity contribution in [2.75, 3.05) is 23.4 Å². The van der Waals surface area contributed by atoms with E-state index in [2.05, 4.69) is 26.1 Å². The molecule has 6 heteroatoms. The third-order valence-electron chi connectivity index (χ3n) is 4.14. The molecule has 0 aliphatic carbocycles. The number of aliphatic hydroxyl groups is 1. The average Bonchev–Trinajstić information content (AvgIpc) is 2.73. The van der Waals surface area contributed by atoms with Gasteiger partial charge in [0.2, 0.25) is 5.91 Å². The Morgan fingerprint density at radius 1 is 1.45 bits per heavy atom. The zero-order chi connectivity index (χ0) is 14.3. The summed E-state index contributed by atoms with van der Waals surface area (Å²) < 4.78 is 0.920. The van der Waals surface area contributed by atoms with Crippen LogP contribution in [-0.2, 0) is 4.79 Å². The number of halogens is 1. The molecule has 0 saturated carbocycles. The van der Waals surface area contributed by atoms with Crippen molar-refractivity contribution >= 4 is 33.2 Å². The summed E-state index contributed by atoms with van der Waals surface area (Å²) in [5.74, 6) is -0.165. The first-order valence-corrected chi connectivity index (χ1v) is 7.68. The second-order valence-corrected chi connectivity index (χ2v) is 6.24. The van der Waals surface area contributed by atoms with E-state index >= 15 is 0 Å². The summed E-state index contributed by atoms with van der Waals surface area (Å²) in [6.45, 7) is 1.07. The lowest BCUT2D eigenvalue weighted by Crippen LogP contribution is -2.42. The first-order valence-electron chi connectivity index (χ1n) is 6.89. The van der Waals surface area contributed by atoms with Crippen LogP contribution in [0.15, 0.2) is 16.6 Å². The van der Waals surface area contributed by atoms with Crippen LogP contribution in [0.3, 0.4) is 0 Å². The minimum atomic E-state index is -0.592. The number of anilines is 2. The van der Waals surface area contributed by atoms with E-state index in [1.165, 1.54) is 0 Å². The van der Waals surface area contributed by atoms with Crippen molar-refractivity contribution in [1.82, 2.24) is 0 Å². The summed E-state index contributed by atoms with van der Waals surface area (Å²) in [5, 5.41) is 12.4. The maximum atomic E-state index is 11.6. The molecule has 0 aromatic heterocycles. The van der Waals surface area contributed by atoms with Gasteiger partial charge in [0.25, 0.3) is 0 Å². The Morgan fingerprint density at radius 2 is 2.25 bits per heavy atom. The SMILES string of the molecule is NC1C(=O)Nc2cc(N3CCCCC3CO)c(Br)cc21. The Labute approximate surface area is 126 Å². The van der Waals surface area contributed by atoms with Gasteiger partial charge in [0, 0.05) is 22.3 Å². The van der Waals surface area contributed by atoms with Gasteiger partial charge in [-0.3, -0.25) is 4.79 Å². The number of carbonyl (C=O) groups excluding carboxylic acids is 1. The quantitative estimate of drug-likeness (QED) is 0.767. The number of nitrogens with two attached hydrogens (primary N) is 1. The molecule has 20 heavy (non-hydrogen) atoms. The van der Waals surface area contributed by atoms with Crippen LogP contribution in [0.1, 0.15) is 30.9 Å². The third-order valence-corrected chi connectivity index (χ3v) is 4.78. The van der Waals surface area contributed by atoms with Crippen LogP contribution in [0.25, 0.3) is 0 Å². The largest absolute Gasteiger partial charge is 0.394 e. The Kier molecular flexibility index (Phi) is 3.70. The van der Waals surface area contributed by atoms with Crippen LogP contribution >= 0.6 is 15.9 Å². The average molecular weight is 340 g/mol. The first kappa shape index (κ1) is 13.9. The van der Waals surface area contributed by atoms with Gasteiger partial charge in [-0.2, -0.15) is 0 Å². The van der Waals surface area contributed by atoms with Gasteiger partial charge in [-0.25, -0.2) is 0 Å². The predicted molar refractivity (Wildman–Crippen MR) is 81.8 cm³/mol. The predicted octanol–water partition coefficient (Wildman–Crippen LogP) is 1.75. The summed E-state index contributed by atoms with van der Waals surface area (Å²) in [6, 6.07) is 3.42. The number of rotatable bonds is 2. The summed E-state index contributed by atoms with van der Waals surface area (Å²) in [6.07, 6.45) is 3.25. The topological polar surface area (TPSA) is 78.6 Å². The summed E-state index contributed by atoms with van der Waals surface area (Å²) in [4.78, 5) is 13.9. The molecular formula is C14H18BrN3O2. The lowest BCUT2D eigenvalue weighted by Gasteiger charge is -2.37. The molecule has 2 unspecified atom stereocenters. The maximum absolute atomic E-state index is 11.6. The van der Waals surface area contributed by atoms with E-state index in [4.69, 9.17) is 5.73 Å². The molecule has 2 aliphatic heterocycles. The van der Waals surface area contributed by atoms with Gasteiger partial charge in [0.1, 0.15) is 6.04 Å². The second-order valence-electron chi connectivity index (χ2n) is 5.38. The number of piperidine rings is 1. The minimum absolute atomic E-state index is 0.142. The summed E-state index contributed by atoms with van der Waals surface area (Å²) in [5.41, 5.74) is 8.47. The highest BCUT2D eigenvalue weighted by Gasteiger charge is 2.30. The van der Waals surface area contributed by atoms with Gasteiger partial charge >= 0.3 is 0 Å². The molecule has 108 valence electrons. The number of fused-ring (bicyclic) bond motifs is 1. The monoisotopic (exact) mass is 339 g/mol. The fourth-order valence-electron chi connectivity index (χ4n) is 3.02. The molecule has 0 bridgehead atoms. The highest BCUT2D eigenvalue weighted by molar-refractivity contribution is 9.10. The standard InChI is InChI=1S/C14H18BrN3O2/c15-10-5-9-11(17-14(20)13(9)16)6-12(10)18-4-2-1-3-8(18)7-19/h5-6,8,13,19H,1-4,7,16H2,(H,17,20). The number of hydrogen-bond donors (Lipinski definition) is 3. The molecule has 1 amide bonds. The minimum Gasteiger partial charge on any atom is -0.394 e. The van der Waals surface area contributed by atoms with Crippen molar-refractivity contribution in [2.24, 2.45) is 5.73 Å². The lowest BCUT2D eigenvalue weighted by atomic mass is 10.0. The molecule has 1 aromatic rings. The zero-order valence-corrected chi connectivity index (χ0v) is 12.7. The number of carbonyl (C=O) groups is 1. The number of amides is 1. The van der Waals surface area contributed by atoms with Crippen LogP contribution in [0.4, 0.5) is 11.4 Å². The molecule has 2 heterocycles. The Morgan fingerprint density at radius 3 is 3.00 bits per heavy atom. The fourth-order valence-corrected chi connectivity index (χ4v) is 3.61. The van der Waals surface area contributed by atoms with Crippen LogP contribution in [0.2, 0.25) is 0 Å². The molecular weight excluding hydrogens is 322 g/mol. The first-order chi connectivity index (χ1) is 9.61. The summed E-state index contributed by atoms with van der Waals surface area (Å²) in [7, 11) is 0. The van der Waals surface area contributed by atoms with Gasteiger partial charge < -0.3 is 21.1 Å². The Balaban J connectivity index is 1.99. The molecule has 4 N–H and O–H groups in total. The molecule has 2 atom stereocenters. The molecule has 1 fully saturated rings. The molecule has 5 nitrogen and oxygen atoms in total. The molecule has 0 spiro atoms. The van der Waals surface area contributed by atoms with Crippen LogP contribution in [0.5, 0.6) is 0 Å². The maximum Gasteiger partial charge on any atom is 0.245 e. The van der Waals surface area contributed by atoms with Crippen LogP contribution in [0, 0.1) is 0 Å². The third kappa shape index (κ3) is 2.21. The second kappa shape index (κ2) is 5.35. The molecule has 3 rings (SSSR count). The summed E-state index contributed by atoms with van der Waals surface area (Å²) >= 11 is 3.57. The normalized spacial score (nSPS) is 25.6. The number of nitrogens with zero attached hydrogens (tertiary/aromatic N) is 1. The molecule has 1 saturated heterocycles. The van der Waals surface area contributed by atoms with Crippen molar-refractivity contribution in [2.45, 2.75) is 31.3 Å². The van der Waals surface area contributed by atoms with E-state index in [0.29, 0.717) is 0 Å². The van der Waals surface area contributed by atoms with E-state index in [1.54, 1.807) is 0 Å². The number of hydrogen-bond acceptors (Lipinski definition) is 4. The number of nitrogens with one attached hydrogen (secondary N) is 1. The lowest BCUT2D eigenvalue weighted by molar-refractivity contribution is -0.116. The van der Waals surface area contributed by atoms with Gasteiger partial charge in [-0.15, -0.1) is 0 Å². The van der Waals surface area contributed by atoms with E-state index < -0.39 is 6.04 Å².